The molecule has 0 unspecified atom stereocenters. The predicted octanol–water partition coefficient (Wildman–Crippen LogP) is 2.53. The van der Waals surface area contributed by atoms with Crippen LogP contribution in [0.1, 0.15) is 18.1 Å². The van der Waals surface area contributed by atoms with Crippen LogP contribution in [-0.4, -0.2) is 20.9 Å². The first kappa shape index (κ1) is 12.1. The third-order valence-corrected chi connectivity index (χ3v) is 2.60. The number of aliphatic carboxylic acids is 1. The number of carbonyl (C=O) groups is 1. The molecule has 0 spiro atoms. The maximum absolute atomic E-state index is 11.3. The molecule has 0 atom stereocenters. The zero-order valence-electron chi connectivity index (χ0n) is 10.1. The third-order valence-electron chi connectivity index (χ3n) is 2.60. The van der Waals surface area contributed by atoms with Gasteiger partial charge in [-0.1, -0.05) is 30.3 Å². The average Bonchev–Trinajstić information content (AvgIpc) is 2.84. The van der Waals surface area contributed by atoms with Crippen LogP contribution in [0, 0.1) is 0 Å². The minimum atomic E-state index is -0.939. The number of carboxylic acid groups (broad SMARTS) is 1. The van der Waals surface area contributed by atoms with E-state index in [0.29, 0.717) is 5.56 Å². The first-order valence-corrected chi connectivity index (χ1v) is 5.73. The van der Waals surface area contributed by atoms with Crippen LogP contribution in [0.3, 0.4) is 0 Å². The molecule has 0 aliphatic carbocycles. The predicted molar refractivity (Wildman–Crippen MR) is 69.8 cm³/mol. The van der Waals surface area contributed by atoms with Crippen molar-refractivity contribution < 1.29 is 9.90 Å². The summed E-state index contributed by atoms with van der Waals surface area (Å²) in [4.78, 5) is 11.3. The molecule has 0 bridgehead atoms. The molecule has 2 aromatic rings. The third kappa shape index (κ3) is 2.66. The van der Waals surface area contributed by atoms with Crippen molar-refractivity contribution in [3.63, 3.8) is 0 Å². The van der Waals surface area contributed by atoms with Crippen molar-refractivity contribution >= 4 is 17.6 Å². The molecule has 0 radical (unpaired) electrons. The van der Waals surface area contributed by atoms with Gasteiger partial charge in [-0.05, 0) is 18.6 Å². The highest BCUT2D eigenvalue weighted by Crippen LogP contribution is 2.18. The van der Waals surface area contributed by atoms with E-state index in [9.17, 15) is 9.90 Å². The Morgan fingerprint density at radius 3 is 2.67 bits per heavy atom. The lowest BCUT2D eigenvalue weighted by Crippen LogP contribution is -1.99. The first-order chi connectivity index (χ1) is 8.70. The lowest BCUT2D eigenvalue weighted by molar-refractivity contribution is -0.130. The van der Waals surface area contributed by atoms with E-state index >= 15 is 0 Å². The Morgan fingerprint density at radius 1 is 1.39 bits per heavy atom. The van der Waals surface area contributed by atoms with Gasteiger partial charge in [-0.2, -0.15) is 5.10 Å². The zero-order chi connectivity index (χ0) is 13.0. The monoisotopic (exact) mass is 242 g/mol. The fourth-order valence-electron chi connectivity index (χ4n) is 1.68. The van der Waals surface area contributed by atoms with Gasteiger partial charge >= 0.3 is 5.97 Å². The quantitative estimate of drug-likeness (QED) is 0.838. The van der Waals surface area contributed by atoms with Crippen molar-refractivity contribution in [3.8, 4) is 0 Å². The smallest absolute Gasteiger partial charge is 0.336 e. The van der Waals surface area contributed by atoms with Gasteiger partial charge in [0.15, 0.2) is 0 Å². The van der Waals surface area contributed by atoms with Crippen LogP contribution in [0.15, 0.2) is 42.7 Å². The minimum absolute atomic E-state index is 0.270. The topological polar surface area (TPSA) is 55.1 Å². The van der Waals surface area contributed by atoms with Crippen LogP contribution in [0.25, 0.3) is 11.6 Å². The molecule has 0 aliphatic heterocycles. The van der Waals surface area contributed by atoms with Crippen molar-refractivity contribution in [1.82, 2.24) is 9.78 Å². The second-order valence-corrected chi connectivity index (χ2v) is 3.86. The normalized spacial score (nSPS) is 11.5. The Labute approximate surface area is 105 Å². The average molecular weight is 242 g/mol. The lowest BCUT2D eigenvalue weighted by Gasteiger charge is -2.01. The number of hydrogen-bond acceptors (Lipinski definition) is 2. The number of carboxylic acids is 1. The molecule has 0 amide bonds. The van der Waals surface area contributed by atoms with E-state index in [1.165, 1.54) is 0 Å². The maximum atomic E-state index is 11.3. The molecule has 92 valence electrons. The lowest BCUT2D eigenvalue weighted by atomic mass is 10.0. The molecular formula is C14H14N2O2. The van der Waals surface area contributed by atoms with Gasteiger partial charge in [-0.3, -0.25) is 4.68 Å². The summed E-state index contributed by atoms with van der Waals surface area (Å²) >= 11 is 0. The Morgan fingerprint density at radius 2 is 2.11 bits per heavy atom. The van der Waals surface area contributed by atoms with E-state index < -0.39 is 5.97 Å². The van der Waals surface area contributed by atoms with E-state index in [1.807, 2.05) is 31.3 Å². The molecule has 1 N–H and O–H groups in total. The molecule has 4 heteroatoms. The SMILES string of the molecule is CCn1cc(/C=C(/C(=O)O)c2ccccc2)cn1. The van der Waals surface area contributed by atoms with Gasteiger partial charge in [0.05, 0.1) is 11.8 Å². The van der Waals surface area contributed by atoms with Crippen molar-refractivity contribution in [2.75, 3.05) is 0 Å². The minimum Gasteiger partial charge on any atom is -0.478 e. The van der Waals surface area contributed by atoms with E-state index in [2.05, 4.69) is 5.10 Å². The second-order valence-electron chi connectivity index (χ2n) is 3.86. The van der Waals surface area contributed by atoms with Crippen LogP contribution >= 0.6 is 0 Å². The van der Waals surface area contributed by atoms with Gasteiger partial charge in [0.2, 0.25) is 0 Å². The largest absolute Gasteiger partial charge is 0.478 e. The first-order valence-electron chi connectivity index (χ1n) is 5.73. The summed E-state index contributed by atoms with van der Waals surface area (Å²) in [5.41, 5.74) is 1.75. The molecule has 4 nitrogen and oxygen atoms in total. The summed E-state index contributed by atoms with van der Waals surface area (Å²) in [6.45, 7) is 2.75. The molecule has 1 aromatic carbocycles. The summed E-state index contributed by atoms with van der Waals surface area (Å²) in [6, 6.07) is 9.07. The highest BCUT2D eigenvalue weighted by molar-refractivity contribution is 6.20. The van der Waals surface area contributed by atoms with Crippen molar-refractivity contribution in [2.45, 2.75) is 13.5 Å². The van der Waals surface area contributed by atoms with Gasteiger partial charge in [-0.25, -0.2) is 4.79 Å². The Bertz CT molecular complexity index is 570. The summed E-state index contributed by atoms with van der Waals surface area (Å²) in [6.07, 6.45) is 5.12. The Balaban J connectivity index is 2.39. The highest BCUT2D eigenvalue weighted by Gasteiger charge is 2.10. The molecule has 0 saturated heterocycles. The zero-order valence-corrected chi connectivity index (χ0v) is 10.1. The van der Waals surface area contributed by atoms with Crippen LogP contribution in [0.2, 0.25) is 0 Å². The maximum Gasteiger partial charge on any atom is 0.336 e. The molecule has 1 aromatic heterocycles. The number of hydrogen-bond donors (Lipinski definition) is 1. The number of aromatic nitrogens is 2. The van der Waals surface area contributed by atoms with Crippen molar-refractivity contribution in [1.29, 1.82) is 0 Å². The van der Waals surface area contributed by atoms with E-state index in [0.717, 1.165) is 12.1 Å². The van der Waals surface area contributed by atoms with Crippen LogP contribution in [-0.2, 0) is 11.3 Å². The van der Waals surface area contributed by atoms with Crippen LogP contribution in [0.4, 0.5) is 0 Å². The van der Waals surface area contributed by atoms with Gasteiger partial charge in [0.25, 0.3) is 0 Å². The summed E-state index contributed by atoms with van der Waals surface area (Å²) in [5, 5.41) is 13.4. The molecule has 0 aliphatic rings. The fourth-order valence-corrected chi connectivity index (χ4v) is 1.68. The highest BCUT2D eigenvalue weighted by atomic mass is 16.4. The Hall–Kier alpha value is -2.36. The van der Waals surface area contributed by atoms with E-state index in [4.69, 9.17) is 0 Å². The van der Waals surface area contributed by atoms with Crippen molar-refractivity contribution in [2.24, 2.45) is 0 Å². The molecule has 0 saturated carbocycles. The van der Waals surface area contributed by atoms with Gasteiger partial charge < -0.3 is 5.11 Å². The molecule has 1 heterocycles. The molecule has 2 rings (SSSR count). The van der Waals surface area contributed by atoms with Gasteiger partial charge in [0.1, 0.15) is 0 Å². The number of nitrogens with zero attached hydrogens (tertiary/aromatic N) is 2. The fraction of sp³-hybridized carbons (Fsp3) is 0.143. The van der Waals surface area contributed by atoms with Crippen LogP contribution in [0.5, 0.6) is 0 Å². The van der Waals surface area contributed by atoms with Crippen LogP contribution < -0.4 is 0 Å². The molecule has 0 fully saturated rings. The van der Waals surface area contributed by atoms with E-state index in [-0.39, 0.29) is 5.57 Å². The molecular weight excluding hydrogens is 228 g/mol. The summed E-state index contributed by atoms with van der Waals surface area (Å²) < 4.78 is 1.76. The van der Waals surface area contributed by atoms with Crippen molar-refractivity contribution in [3.05, 3.63) is 53.9 Å². The number of aryl methyl sites for hydroxylation is 1. The van der Waals surface area contributed by atoms with Gasteiger partial charge in [0, 0.05) is 18.3 Å². The summed E-state index contributed by atoms with van der Waals surface area (Å²) in [5.74, 6) is -0.939. The second kappa shape index (κ2) is 5.31. The molecule has 18 heavy (non-hydrogen) atoms. The number of rotatable bonds is 4. The number of benzene rings is 1. The van der Waals surface area contributed by atoms with E-state index in [1.54, 1.807) is 29.1 Å². The van der Waals surface area contributed by atoms with Gasteiger partial charge in [-0.15, -0.1) is 0 Å². The standard InChI is InChI=1S/C14H14N2O2/c1-2-16-10-11(9-15-16)8-13(14(17)18)12-6-4-3-5-7-12/h3-10H,2H2,1H3,(H,17,18)/b13-8+. The summed E-state index contributed by atoms with van der Waals surface area (Å²) in [7, 11) is 0. The Kier molecular flexibility index (Phi) is 3.57.